The molecule has 0 atom stereocenters. The summed E-state index contributed by atoms with van der Waals surface area (Å²) in [6.07, 6.45) is 8.41. The van der Waals surface area contributed by atoms with Gasteiger partial charge in [0, 0.05) is 6.04 Å². The Morgan fingerprint density at radius 3 is 2.48 bits per heavy atom. The highest BCUT2D eigenvalue weighted by Crippen LogP contribution is 2.25. The average molecular weight is 345 g/mol. The van der Waals surface area contributed by atoms with Gasteiger partial charge in [0.2, 0.25) is 5.91 Å². The highest BCUT2D eigenvalue weighted by molar-refractivity contribution is 5.95. The molecule has 0 unspecified atom stereocenters. The van der Waals surface area contributed by atoms with Gasteiger partial charge in [-0.3, -0.25) is 4.79 Å². The molecule has 1 saturated heterocycles. The molecule has 138 valence electrons. The molecule has 0 bridgehead atoms. The topological polar surface area (TPSA) is 53.6 Å². The Hall–Kier alpha value is -1.59. The standard InChI is InChI=1S/C20H31N3O2/c1-23-13-11-16(12-14-23)21-18-9-5-6-10-19(18)22-20(24)15-25-17-7-3-2-4-8-17/h5-6,9-10,16-17,21H,2-4,7-8,11-15H2,1H3,(H,22,24). The molecule has 0 spiro atoms. The number of piperidine rings is 1. The van der Waals surface area contributed by atoms with Gasteiger partial charge in [0.15, 0.2) is 0 Å². The van der Waals surface area contributed by atoms with Gasteiger partial charge in [0.25, 0.3) is 0 Å². The Labute approximate surface area is 151 Å². The number of ether oxygens (including phenoxy) is 1. The predicted octanol–water partition coefficient (Wildman–Crippen LogP) is 3.48. The first kappa shape index (κ1) is 18.2. The Bertz CT molecular complexity index is 550. The second-order valence-corrected chi connectivity index (χ2v) is 7.39. The highest BCUT2D eigenvalue weighted by Gasteiger charge is 2.18. The smallest absolute Gasteiger partial charge is 0.250 e. The summed E-state index contributed by atoms with van der Waals surface area (Å²) in [5.41, 5.74) is 1.85. The van der Waals surface area contributed by atoms with Gasteiger partial charge in [0.1, 0.15) is 6.61 Å². The first-order valence-electron chi connectivity index (χ1n) is 9.66. The Morgan fingerprint density at radius 2 is 1.76 bits per heavy atom. The lowest BCUT2D eigenvalue weighted by molar-refractivity contribution is -0.123. The minimum Gasteiger partial charge on any atom is -0.381 e. The molecule has 2 aliphatic rings. The van der Waals surface area contributed by atoms with Gasteiger partial charge < -0.3 is 20.3 Å². The molecule has 1 aliphatic heterocycles. The lowest BCUT2D eigenvalue weighted by Gasteiger charge is -2.30. The largest absolute Gasteiger partial charge is 0.381 e. The van der Waals surface area contributed by atoms with Crippen molar-refractivity contribution in [3.05, 3.63) is 24.3 Å². The highest BCUT2D eigenvalue weighted by atomic mass is 16.5. The van der Waals surface area contributed by atoms with E-state index in [-0.39, 0.29) is 18.6 Å². The third kappa shape index (κ3) is 5.72. The molecule has 1 aliphatic carbocycles. The van der Waals surface area contributed by atoms with E-state index in [9.17, 15) is 4.79 Å². The summed E-state index contributed by atoms with van der Waals surface area (Å²) >= 11 is 0. The van der Waals surface area contributed by atoms with Gasteiger partial charge in [0.05, 0.1) is 17.5 Å². The van der Waals surface area contributed by atoms with Crippen LogP contribution in [0.5, 0.6) is 0 Å². The van der Waals surface area contributed by atoms with E-state index >= 15 is 0 Å². The zero-order valence-electron chi connectivity index (χ0n) is 15.3. The number of carbonyl (C=O) groups excluding carboxylic acids is 1. The lowest BCUT2D eigenvalue weighted by Crippen LogP contribution is -2.36. The second kappa shape index (κ2) is 9.20. The van der Waals surface area contributed by atoms with E-state index in [1.165, 1.54) is 19.3 Å². The van der Waals surface area contributed by atoms with Crippen molar-refractivity contribution in [2.75, 3.05) is 37.4 Å². The minimum atomic E-state index is -0.0665. The first-order chi connectivity index (χ1) is 12.2. The number of carbonyl (C=O) groups is 1. The predicted molar refractivity (Wildman–Crippen MR) is 102 cm³/mol. The van der Waals surface area contributed by atoms with E-state index in [1.807, 2.05) is 24.3 Å². The molecule has 1 saturated carbocycles. The zero-order valence-corrected chi connectivity index (χ0v) is 15.3. The van der Waals surface area contributed by atoms with Crippen molar-refractivity contribution < 1.29 is 9.53 Å². The van der Waals surface area contributed by atoms with Crippen LogP contribution in [0.4, 0.5) is 11.4 Å². The molecule has 2 N–H and O–H groups in total. The molecule has 0 aromatic heterocycles. The normalized spacial score (nSPS) is 20.4. The Balaban J connectivity index is 1.50. The Morgan fingerprint density at radius 1 is 1.08 bits per heavy atom. The number of hydrogen-bond acceptors (Lipinski definition) is 4. The number of rotatable bonds is 6. The van der Waals surface area contributed by atoms with Crippen LogP contribution in [0.2, 0.25) is 0 Å². The van der Waals surface area contributed by atoms with Gasteiger partial charge in [-0.25, -0.2) is 0 Å². The second-order valence-electron chi connectivity index (χ2n) is 7.39. The van der Waals surface area contributed by atoms with Crippen molar-refractivity contribution in [2.45, 2.75) is 57.1 Å². The average Bonchev–Trinajstić information content (AvgIpc) is 2.64. The molecule has 25 heavy (non-hydrogen) atoms. The molecule has 0 radical (unpaired) electrons. The van der Waals surface area contributed by atoms with Crippen LogP contribution in [-0.4, -0.2) is 49.7 Å². The van der Waals surface area contributed by atoms with Crippen LogP contribution in [0, 0.1) is 0 Å². The number of likely N-dealkylation sites (tertiary alicyclic amines) is 1. The minimum absolute atomic E-state index is 0.0665. The van der Waals surface area contributed by atoms with E-state index in [4.69, 9.17) is 4.74 Å². The van der Waals surface area contributed by atoms with Crippen LogP contribution in [0.25, 0.3) is 0 Å². The molecule has 1 aromatic rings. The van der Waals surface area contributed by atoms with Gasteiger partial charge >= 0.3 is 0 Å². The molecule has 1 amide bonds. The number of nitrogens with zero attached hydrogens (tertiary/aromatic N) is 1. The summed E-state index contributed by atoms with van der Waals surface area (Å²) in [5, 5.41) is 6.61. The fourth-order valence-corrected chi connectivity index (χ4v) is 3.70. The van der Waals surface area contributed by atoms with Crippen LogP contribution < -0.4 is 10.6 Å². The molecular formula is C20H31N3O2. The van der Waals surface area contributed by atoms with Crippen molar-refractivity contribution in [1.29, 1.82) is 0 Å². The third-order valence-corrected chi connectivity index (χ3v) is 5.28. The van der Waals surface area contributed by atoms with Crippen molar-refractivity contribution in [1.82, 2.24) is 4.90 Å². The van der Waals surface area contributed by atoms with E-state index in [0.717, 1.165) is 50.1 Å². The SMILES string of the molecule is CN1CCC(Nc2ccccc2NC(=O)COC2CCCCC2)CC1. The van der Waals surface area contributed by atoms with Gasteiger partial charge in [-0.1, -0.05) is 31.4 Å². The number of anilines is 2. The quantitative estimate of drug-likeness (QED) is 0.829. The lowest BCUT2D eigenvalue weighted by atomic mass is 9.98. The van der Waals surface area contributed by atoms with Crippen LogP contribution in [0.15, 0.2) is 24.3 Å². The van der Waals surface area contributed by atoms with E-state index < -0.39 is 0 Å². The van der Waals surface area contributed by atoms with E-state index in [0.29, 0.717) is 6.04 Å². The molecule has 1 heterocycles. The Kier molecular flexibility index (Phi) is 6.70. The van der Waals surface area contributed by atoms with Crippen LogP contribution in [0.1, 0.15) is 44.9 Å². The third-order valence-electron chi connectivity index (χ3n) is 5.28. The summed E-state index contributed by atoms with van der Waals surface area (Å²) in [5.74, 6) is -0.0665. The number of nitrogens with one attached hydrogen (secondary N) is 2. The van der Waals surface area contributed by atoms with E-state index in [1.54, 1.807) is 0 Å². The van der Waals surface area contributed by atoms with E-state index in [2.05, 4.69) is 22.6 Å². The summed E-state index contributed by atoms with van der Waals surface area (Å²) in [6.45, 7) is 2.37. The van der Waals surface area contributed by atoms with Crippen LogP contribution in [0.3, 0.4) is 0 Å². The summed E-state index contributed by atoms with van der Waals surface area (Å²) in [4.78, 5) is 14.6. The summed E-state index contributed by atoms with van der Waals surface area (Å²) in [6, 6.07) is 8.42. The van der Waals surface area contributed by atoms with Gasteiger partial charge in [-0.2, -0.15) is 0 Å². The van der Waals surface area contributed by atoms with Crippen molar-refractivity contribution >= 4 is 17.3 Å². The molecule has 5 nitrogen and oxygen atoms in total. The van der Waals surface area contributed by atoms with Crippen LogP contribution in [-0.2, 0) is 9.53 Å². The molecule has 1 aromatic carbocycles. The van der Waals surface area contributed by atoms with Gasteiger partial charge in [-0.15, -0.1) is 0 Å². The molecular weight excluding hydrogens is 314 g/mol. The van der Waals surface area contributed by atoms with Crippen LogP contribution >= 0.6 is 0 Å². The molecule has 2 fully saturated rings. The zero-order chi connectivity index (χ0) is 17.5. The van der Waals surface area contributed by atoms with Gasteiger partial charge in [-0.05, 0) is 58.0 Å². The van der Waals surface area contributed by atoms with Crippen molar-refractivity contribution in [2.24, 2.45) is 0 Å². The maximum absolute atomic E-state index is 12.3. The maximum Gasteiger partial charge on any atom is 0.250 e. The summed E-state index contributed by atoms with van der Waals surface area (Å²) < 4.78 is 5.78. The van der Waals surface area contributed by atoms with Crippen molar-refractivity contribution in [3.63, 3.8) is 0 Å². The number of amides is 1. The fourth-order valence-electron chi connectivity index (χ4n) is 3.70. The number of hydrogen-bond donors (Lipinski definition) is 2. The summed E-state index contributed by atoms with van der Waals surface area (Å²) in [7, 11) is 2.16. The maximum atomic E-state index is 12.3. The monoisotopic (exact) mass is 345 g/mol. The molecule has 3 rings (SSSR count). The fraction of sp³-hybridized carbons (Fsp3) is 0.650. The van der Waals surface area contributed by atoms with Crippen molar-refractivity contribution in [3.8, 4) is 0 Å². The number of para-hydroxylation sites is 2. The number of benzene rings is 1. The first-order valence-corrected chi connectivity index (χ1v) is 9.66. The molecule has 5 heteroatoms.